The molecule has 0 bridgehead atoms. The van der Waals surface area contributed by atoms with Gasteiger partial charge < -0.3 is 20.1 Å². The molecule has 0 aliphatic carbocycles. The summed E-state index contributed by atoms with van der Waals surface area (Å²) in [7, 11) is -4.38. The fourth-order valence-electron chi connectivity index (χ4n) is 11.2. The summed E-state index contributed by atoms with van der Waals surface area (Å²) in [4.78, 5) is 35.3. The van der Waals surface area contributed by atoms with E-state index in [9.17, 15) is 19.0 Å². The average molecular weight is 1140 g/mol. The Morgan fingerprint density at radius 1 is 0.329 bits per heavy atom. The highest BCUT2D eigenvalue weighted by Crippen LogP contribution is 2.43. The van der Waals surface area contributed by atoms with Gasteiger partial charge in [-0.1, -0.05) is 373 Å². The predicted octanol–water partition coefficient (Wildman–Crippen LogP) is 23.0. The summed E-state index contributed by atoms with van der Waals surface area (Å²) < 4.78 is 33.1. The Morgan fingerprint density at radius 2 is 0.544 bits per heavy atom. The van der Waals surface area contributed by atoms with Crippen LogP contribution >= 0.6 is 7.82 Å². The summed E-state index contributed by atoms with van der Waals surface area (Å²) in [5.74, 6) is -0.799. The summed E-state index contributed by atoms with van der Waals surface area (Å²) in [5, 5.41) is 0. The number of hydrogen-bond donors (Lipinski definition) is 2. The average Bonchev–Trinajstić information content (AvgIpc) is 3.44. The SMILES string of the molecule is CCCCCCCCCCCCCCCCCCCCCCCCCCCCCCCCCCCCCCCCCCC(=O)OC(COC(=O)CCCCCCCCCCCCCCCCCCCC)COP(=O)(O)OCCN. The summed E-state index contributed by atoms with van der Waals surface area (Å²) in [6.45, 7) is 3.84. The number of rotatable bonds is 69. The Hall–Kier alpha value is -0.990. The van der Waals surface area contributed by atoms with Crippen LogP contribution in [0.4, 0.5) is 0 Å². The molecule has 0 radical (unpaired) electrons. The van der Waals surface area contributed by atoms with E-state index in [-0.39, 0.29) is 38.6 Å². The van der Waals surface area contributed by atoms with Crippen molar-refractivity contribution in [1.82, 2.24) is 0 Å². The van der Waals surface area contributed by atoms with E-state index in [0.29, 0.717) is 6.42 Å². The fourth-order valence-corrected chi connectivity index (χ4v) is 12.0. The Labute approximate surface area is 492 Å². The van der Waals surface area contributed by atoms with Gasteiger partial charge >= 0.3 is 19.8 Å². The van der Waals surface area contributed by atoms with Gasteiger partial charge in [-0.05, 0) is 12.8 Å². The van der Waals surface area contributed by atoms with Crippen molar-refractivity contribution in [2.45, 2.75) is 405 Å². The van der Waals surface area contributed by atoms with Crippen molar-refractivity contribution in [3.8, 4) is 0 Å². The summed E-state index contributed by atoms with van der Waals surface area (Å²) in [6.07, 6.45) is 78.0. The Morgan fingerprint density at radius 3 is 0.772 bits per heavy atom. The zero-order chi connectivity index (χ0) is 57.3. The highest BCUT2D eigenvalue weighted by atomic mass is 31.2. The second-order valence-corrected chi connectivity index (χ2v) is 25.9. The molecule has 0 amide bonds. The molecule has 0 saturated carbocycles. The molecule has 0 rings (SSSR count). The zero-order valence-electron chi connectivity index (χ0n) is 53.2. The number of carbonyl (C=O) groups excluding carboxylic acids is 2. The maximum atomic E-state index is 12.7. The van der Waals surface area contributed by atoms with Gasteiger partial charge in [-0.2, -0.15) is 0 Å². The van der Waals surface area contributed by atoms with E-state index in [1.54, 1.807) is 0 Å². The van der Waals surface area contributed by atoms with Gasteiger partial charge in [0, 0.05) is 19.4 Å². The number of unbranched alkanes of at least 4 members (excludes halogenated alkanes) is 56. The molecule has 2 atom stereocenters. The van der Waals surface area contributed by atoms with Crippen LogP contribution in [0.5, 0.6) is 0 Å². The Balaban J connectivity index is 3.70. The van der Waals surface area contributed by atoms with Crippen LogP contribution < -0.4 is 5.73 Å². The summed E-state index contributed by atoms with van der Waals surface area (Å²) in [5.41, 5.74) is 5.40. The van der Waals surface area contributed by atoms with Crippen LogP contribution in [-0.4, -0.2) is 49.3 Å². The monoisotopic (exact) mass is 1140 g/mol. The molecule has 0 spiro atoms. The second-order valence-electron chi connectivity index (χ2n) is 24.5. The van der Waals surface area contributed by atoms with Crippen molar-refractivity contribution >= 4 is 19.8 Å². The first-order valence-electron chi connectivity index (χ1n) is 35.5. The normalized spacial score (nSPS) is 12.8. The third-order valence-electron chi connectivity index (χ3n) is 16.5. The van der Waals surface area contributed by atoms with Gasteiger partial charge in [-0.15, -0.1) is 0 Å². The van der Waals surface area contributed by atoms with Crippen molar-refractivity contribution in [2.75, 3.05) is 26.4 Å². The minimum Gasteiger partial charge on any atom is -0.462 e. The van der Waals surface area contributed by atoms with E-state index in [2.05, 4.69) is 13.8 Å². The number of phosphoric acid groups is 1. The fraction of sp³-hybridized carbons (Fsp3) is 0.971. The molecule has 472 valence electrons. The lowest BCUT2D eigenvalue weighted by Gasteiger charge is -2.19. The van der Waals surface area contributed by atoms with E-state index in [1.165, 1.54) is 334 Å². The van der Waals surface area contributed by atoms with E-state index < -0.39 is 26.5 Å². The topological polar surface area (TPSA) is 134 Å². The van der Waals surface area contributed by atoms with Crippen LogP contribution in [0.25, 0.3) is 0 Å². The van der Waals surface area contributed by atoms with Gasteiger partial charge in [0.05, 0.1) is 13.2 Å². The molecule has 79 heavy (non-hydrogen) atoms. The standard InChI is InChI=1S/C69H138NO8P/c1-3-5-7-9-11-13-15-17-19-21-23-24-25-26-27-28-29-30-31-32-33-34-35-36-37-38-39-40-41-42-43-44-46-48-50-52-54-56-58-60-62-69(72)78-67(66-77-79(73,74)76-64-63-70)65-75-68(71)61-59-57-55-53-51-49-47-45-22-20-18-16-14-12-10-8-6-4-2/h67H,3-66,70H2,1-2H3,(H,73,74). The number of carbonyl (C=O) groups is 2. The molecular formula is C69H138NO8P. The van der Waals surface area contributed by atoms with Crippen LogP contribution in [0, 0.1) is 0 Å². The zero-order valence-corrected chi connectivity index (χ0v) is 54.1. The van der Waals surface area contributed by atoms with Crippen LogP contribution in [-0.2, 0) is 32.7 Å². The lowest BCUT2D eigenvalue weighted by atomic mass is 10.0. The number of nitrogens with two attached hydrogens (primary N) is 1. The molecular weight excluding hydrogens is 1000 g/mol. The third-order valence-corrected chi connectivity index (χ3v) is 17.5. The number of ether oxygens (including phenoxy) is 2. The lowest BCUT2D eigenvalue weighted by molar-refractivity contribution is -0.161. The number of esters is 2. The van der Waals surface area contributed by atoms with Gasteiger partial charge in [0.2, 0.25) is 0 Å². The molecule has 0 aromatic rings. The third kappa shape index (κ3) is 66.0. The smallest absolute Gasteiger partial charge is 0.462 e. The van der Waals surface area contributed by atoms with Gasteiger partial charge in [0.1, 0.15) is 6.61 Å². The first-order chi connectivity index (χ1) is 38.8. The highest BCUT2D eigenvalue weighted by Gasteiger charge is 2.26. The van der Waals surface area contributed by atoms with Crippen LogP contribution in [0.2, 0.25) is 0 Å². The van der Waals surface area contributed by atoms with Crippen LogP contribution in [0.15, 0.2) is 0 Å². The molecule has 9 nitrogen and oxygen atoms in total. The van der Waals surface area contributed by atoms with E-state index in [0.717, 1.165) is 32.1 Å². The molecule has 0 heterocycles. The molecule has 3 N–H and O–H groups in total. The van der Waals surface area contributed by atoms with Crippen molar-refractivity contribution < 1.29 is 37.6 Å². The number of hydrogen-bond acceptors (Lipinski definition) is 8. The first-order valence-corrected chi connectivity index (χ1v) is 37.0. The molecule has 0 aromatic heterocycles. The van der Waals surface area contributed by atoms with Gasteiger partial charge in [-0.25, -0.2) is 4.57 Å². The summed E-state index contributed by atoms with van der Waals surface area (Å²) in [6, 6.07) is 0. The maximum Gasteiger partial charge on any atom is 0.472 e. The molecule has 0 aromatic carbocycles. The van der Waals surface area contributed by atoms with Gasteiger partial charge in [0.25, 0.3) is 0 Å². The Bertz CT molecular complexity index is 1250. The largest absolute Gasteiger partial charge is 0.472 e. The first kappa shape index (κ1) is 78.0. The van der Waals surface area contributed by atoms with Gasteiger partial charge in [0.15, 0.2) is 6.10 Å². The minimum absolute atomic E-state index is 0.0587. The van der Waals surface area contributed by atoms with Crippen molar-refractivity contribution in [2.24, 2.45) is 5.73 Å². The van der Waals surface area contributed by atoms with E-state index in [1.807, 2.05) is 0 Å². The maximum absolute atomic E-state index is 12.7. The molecule has 0 fully saturated rings. The van der Waals surface area contributed by atoms with Gasteiger partial charge in [-0.3, -0.25) is 18.6 Å². The van der Waals surface area contributed by atoms with Crippen molar-refractivity contribution in [1.29, 1.82) is 0 Å². The lowest BCUT2D eigenvalue weighted by Crippen LogP contribution is -2.29. The van der Waals surface area contributed by atoms with Crippen molar-refractivity contribution in [3.63, 3.8) is 0 Å². The molecule has 2 unspecified atom stereocenters. The predicted molar refractivity (Wildman–Crippen MR) is 340 cm³/mol. The van der Waals surface area contributed by atoms with Crippen LogP contribution in [0.1, 0.15) is 399 Å². The van der Waals surface area contributed by atoms with E-state index in [4.69, 9.17) is 24.3 Å². The second kappa shape index (κ2) is 66.2. The van der Waals surface area contributed by atoms with E-state index >= 15 is 0 Å². The molecule has 0 saturated heterocycles. The minimum atomic E-state index is -4.38. The Kier molecular flexibility index (Phi) is 65.3. The number of phosphoric ester groups is 1. The van der Waals surface area contributed by atoms with Crippen molar-refractivity contribution in [3.05, 3.63) is 0 Å². The quantitative estimate of drug-likeness (QED) is 0.0347. The highest BCUT2D eigenvalue weighted by molar-refractivity contribution is 7.47. The molecule has 0 aliphatic rings. The summed E-state index contributed by atoms with van der Waals surface area (Å²) >= 11 is 0. The molecule has 0 aliphatic heterocycles. The van der Waals surface area contributed by atoms with Crippen LogP contribution in [0.3, 0.4) is 0 Å². The molecule has 10 heteroatoms.